The number of rotatable bonds is 15. The Kier molecular flexibility index (Phi) is 25.4. The number of benzene rings is 13. The summed E-state index contributed by atoms with van der Waals surface area (Å²) >= 11 is 0. The number of thiophene rings is 2. The van der Waals surface area contributed by atoms with Crippen LogP contribution in [0.2, 0.25) is 0 Å². The number of aryl methyl sites for hydroxylation is 6. The number of halogens is 3. The third-order valence-corrected chi connectivity index (χ3v) is 36.7. The van der Waals surface area contributed by atoms with E-state index in [-0.39, 0.29) is 37.2 Å². The number of ether oxygens (including phenoxy) is 3. The third kappa shape index (κ3) is 17.8. The van der Waals surface area contributed by atoms with Crippen LogP contribution in [-0.4, -0.2) is 31.0 Å². The molecule has 0 saturated heterocycles. The van der Waals surface area contributed by atoms with E-state index in [1.807, 2.05) is 42.5 Å². The summed E-state index contributed by atoms with van der Waals surface area (Å²) in [5, 5.41) is 6.13. The van der Waals surface area contributed by atoms with Gasteiger partial charge in [-0.2, -0.15) is 13.2 Å². The minimum Gasteiger partial charge on any atom is -0.493 e. The highest BCUT2D eigenvalue weighted by atomic mass is 32.2. The molecule has 0 spiro atoms. The summed E-state index contributed by atoms with van der Waals surface area (Å²) in [5.74, 6) is 8.15. The van der Waals surface area contributed by atoms with Gasteiger partial charge in [-0.05, 0) is 251 Å². The first kappa shape index (κ1) is 83.5. The molecule has 614 valence electrons. The summed E-state index contributed by atoms with van der Waals surface area (Å²) in [6.07, 6.45) is 10.4. The van der Waals surface area contributed by atoms with E-state index in [2.05, 4.69) is 280 Å². The number of fused-ring (bicyclic) bond motifs is 10. The molecular formula is C109H108F3O4S5+5. The van der Waals surface area contributed by atoms with Gasteiger partial charge in [0, 0.05) is 101 Å². The van der Waals surface area contributed by atoms with Crippen LogP contribution in [0.5, 0.6) is 11.5 Å². The molecule has 4 bridgehead atoms. The third-order valence-electron chi connectivity index (χ3n) is 25.0. The van der Waals surface area contributed by atoms with Crippen LogP contribution in [0, 0.1) is 51.4 Å². The first-order valence-electron chi connectivity index (χ1n) is 43.2. The van der Waals surface area contributed by atoms with E-state index in [4.69, 9.17) is 14.2 Å². The first-order valence-corrected chi connectivity index (χ1v) is 49.6. The topological polar surface area (TPSA) is 44.8 Å². The zero-order valence-electron chi connectivity index (χ0n) is 70.6. The van der Waals surface area contributed by atoms with Gasteiger partial charge in [-0.15, -0.1) is 0 Å². The van der Waals surface area contributed by atoms with Gasteiger partial charge < -0.3 is 14.2 Å². The van der Waals surface area contributed by atoms with Gasteiger partial charge in [-0.1, -0.05) is 193 Å². The van der Waals surface area contributed by atoms with Crippen molar-refractivity contribution >= 4 is 114 Å². The molecule has 0 N–H and O–H groups in total. The molecule has 3 atom stereocenters. The van der Waals surface area contributed by atoms with Gasteiger partial charge in [0.25, 0.3) is 0 Å². The lowest BCUT2D eigenvalue weighted by Crippen LogP contribution is -2.49. The Morgan fingerprint density at radius 3 is 1.20 bits per heavy atom. The zero-order chi connectivity index (χ0) is 83.5. The zero-order valence-corrected chi connectivity index (χ0v) is 74.7. The van der Waals surface area contributed by atoms with Gasteiger partial charge in [-0.3, -0.25) is 4.79 Å². The monoisotopic (exact) mass is 1700 g/mol. The van der Waals surface area contributed by atoms with Crippen molar-refractivity contribution in [2.75, 3.05) is 24.9 Å². The van der Waals surface area contributed by atoms with Crippen molar-refractivity contribution in [3.63, 3.8) is 0 Å². The first-order chi connectivity index (χ1) is 58.8. The molecule has 4 fully saturated rings. The molecule has 2 aliphatic heterocycles. The minimum absolute atomic E-state index is 0.0350. The normalized spacial score (nSPS) is 18.2. The summed E-state index contributed by atoms with van der Waals surface area (Å²) < 4.78 is 65.4. The van der Waals surface area contributed by atoms with Crippen LogP contribution in [0.15, 0.2) is 322 Å². The fraction of sp³-hybridized carbons (Fsp3) is 0.275. The lowest BCUT2D eigenvalue weighted by atomic mass is 9.55. The molecule has 4 saturated carbocycles. The van der Waals surface area contributed by atoms with E-state index in [0.29, 0.717) is 44.8 Å². The predicted molar refractivity (Wildman–Crippen MR) is 512 cm³/mol. The maximum absolute atomic E-state index is 13.1. The van der Waals surface area contributed by atoms with Gasteiger partial charge in [0.1, 0.15) is 23.0 Å². The molecule has 4 aliphatic carbocycles. The van der Waals surface area contributed by atoms with Gasteiger partial charge >= 0.3 is 6.18 Å². The van der Waals surface area contributed by atoms with Crippen LogP contribution in [0.3, 0.4) is 0 Å². The lowest BCUT2D eigenvalue weighted by molar-refractivity contribution is -0.155. The second-order valence-corrected chi connectivity index (χ2v) is 44.3. The molecule has 0 amide bonds. The molecule has 3 unspecified atom stereocenters. The number of unbranched alkanes of at least 4 members (excludes halogenated alkanes) is 3. The van der Waals surface area contributed by atoms with Crippen LogP contribution in [0.4, 0.5) is 13.2 Å². The number of alkyl halides is 3. The van der Waals surface area contributed by atoms with Crippen molar-refractivity contribution in [3.8, 4) is 26.2 Å². The van der Waals surface area contributed by atoms with Crippen LogP contribution < -0.4 is 14.9 Å². The molecule has 4 nitrogen and oxygen atoms in total. The molecule has 16 aromatic rings. The van der Waals surface area contributed by atoms with Gasteiger partial charge in [0.15, 0.2) is 69.3 Å². The lowest BCUT2D eigenvalue weighted by Gasteiger charge is -2.53. The Morgan fingerprint density at radius 1 is 0.364 bits per heavy atom. The summed E-state index contributed by atoms with van der Waals surface area (Å²) in [5.41, 5.74) is 8.53. The Morgan fingerprint density at radius 2 is 0.744 bits per heavy atom. The second-order valence-electron chi connectivity index (χ2n) is 34.2. The van der Waals surface area contributed by atoms with Crippen molar-refractivity contribution in [2.45, 2.75) is 163 Å². The highest BCUT2D eigenvalue weighted by Gasteiger charge is 2.49. The number of hydrogen-bond donors (Lipinski definition) is 0. The van der Waals surface area contributed by atoms with E-state index < -0.39 is 22.2 Å². The van der Waals surface area contributed by atoms with Crippen molar-refractivity contribution in [1.29, 1.82) is 0 Å². The molecule has 12 heteroatoms. The molecule has 6 aliphatic rings. The molecular weight excluding hydrogens is 1590 g/mol. The smallest absolute Gasteiger partial charge is 0.416 e. The highest BCUT2D eigenvalue weighted by molar-refractivity contribution is 7.97. The van der Waals surface area contributed by atoms with Gasteiger partial charge in [0.2, 0.25) is 5.43 Å². The molecule has 22 rings (SSSR count). The standard InChI is InChI=1S/C31H33O2S.C26H29OS.C20H12F3OS.C18H21S.C14H13S/c1-19-11-25(34-28-9-5-3-7-26(28)27-8-4-6-10-29(27)34)12-20(2)30(19)32-18-33-31-23-14-21-13-22(16-23)17-24(31)15-21;1-4-5-6-11-16-27-26-19(2)17-21(18-20(26)3)28-24-14-9-7-12-22(24)23-13-8-10-15-25(23)28;21-20(22,23)13-10-11-18-16(12-13)19(24)15-8-4-5-9-17(15)25(18)14-6-2-1-3-7-14;1-18(2,3)15-8-10-16(11-9-15)19-13-12-14-6-4-5-7-17(14)19;1-2-7-13(8-3-1)15-11-10-12-6-4-5-9-14(12)15/h3-12,21-24,31H,13-18H2,1-2H3;7-10,12-15,17-18H,4-6,11,16H2,1-3H3;1-12H;4-11H,12-13H2,1-3H3;1-9H,10-11H2/q5*+1. The van der Waals surface area contributed by atoms with Gasteiger partial charge in [-0.25, -0.2) is 0 Å². The van der Waals surface area contributed by atoms with Crippen LogP contribution in [0.25, 0.3) is 75.2 Å². The Hall–Kier alpha value is -9.76. The Balaban J connectivity index is 0.000000110. The van der Waals surface area contributed by atoms with E-state index in [9.17, 15) is 18.0 Å². The van der Waals surface area contributed by atoms with Crippen molar-refractivity contribution < 1.29 is 27.4 Å². The molecule has 0 radical (unpaired) electrons. The van der Waals surface area contributed by atoms with E-state index in [0.717, 1.165) is 69.9 Å². The minimum atomic E-state index is -4.47. The predicted octanol–water partition coefficient (Wildman–Crippen LogP) is 30.8. The van der Waals surface area contributed by atoms with Crippen molar-refractivity contribution in [2.24, 2.45) is 23.7 Å². The molecule has 5 heterocycles. The summed E-state index contributed by atoms with van der Waals surface area (Å²) in [4.78, 5) is 22.7. The molecule has 3 aromatic heterocycles. The van der Waals surface area contributed by atoms with Crippen LogP contribution in [0.1, 0.15) is 130 Å². The fourth-order valence-corrected chi connectivity index (χ4v) is 31.6. The quantitative estimate of drug-likeness (QED) is 0.0444. The summed E-state index contributed by atoms with van der Waals surface area (Å²) in [7, 11) is -0.0714. The fourth-order valence-electron chi connectivity index (χ4n) is 19.5. The van der Waals surface area contributed by atoms with Gasteiger partial charge in [0.05, 0.1) is 50.8 Å². The summed E-state index contributed by atoms with van der Waals surface area (Å²) in [6.45, 7) is 19.0. The average molecular weight is 1700 g/mol. The SMILES string of the molecule is CC(C)(C)c1ccc([S+]2CCc3ccccc32)cc1.CCCCCCOc1c(C)cc(-[s+]2c3ccccc3c3ccccc32)cc1C.Cc1cc(-[s+]2c3ccccc3c3ccccc32)cc(C)c1OCOC1C2CC3CC(C2)CC1C3.O=c1c2ccccc2[s+](-c2ccccc2)c2ccc(C(F)(F)F)cc12.c1ccc([S+]2CCc3ccccc32)cc1. The highest BCUT2D eigenvalue weighted by Crippen LogP contribution is 2.56. The molecule has 13 aromatic carbocycles. The van der Waals surface area contributed by atoms with E-state index in [1.54, 1.807) is 33.1 Å². The largest absolute Gasteiger partial charge is 0.493 e. The van der Waals surface area contributed by atoms with E-state index in [1.165, 1.54) is 170 Å². The van der Waals surface area contributed by atoms with E-state index >= 15 is 0 Å². The maximum Gasteiger partial charge on any atom is 0.416 e. The van der Waals surface area contributed by atoms with Crippen molar-refractivity contribution in [3.05, 3.63) is 352 Å². The second kappa shape index (κ2) is 36.7. The molecule has 121 heavy (non-hydrogen) atoms. The maximum atomic E-state index is 13.1. The van der Waals surface area contributed by atoms with Crippen LogP contribution in [-0.2, 0) is 51.0 Å². The van der Waals surface area contributed by atoms with Crippen molar-refractivity contribution in [1.82, 2.24) is 0 Å². The Labute approximate surface area is 725 Å². The number of hydrogen-bond acceptors (Lipinski definition) is 4. The Bertz CT molecular complexity index is 6250. The summed E-state index contributed by atoms with van der Waals surface area (Å²) in [6, 6.07) is 103. The van der Waals surface area contributed by atoms with Crippen LogP contribution >= 0.6 is 31.4 Å². The average Bonchev–Trinajstić information content (AvgIpc) is 1.74.